The van der Waals surface area contributed by atoms with Crippen LogP contribution in [0, 0.1) is 20.8 Å². The lowest BCUT2D eigenvalue weighted by Crippen LogP contribution is -2.09. The number of hydrogen-bond donors (Lipinski definition) is 1. The fraction of sp³-hybridized carbons (Fsp3) is 0.143. The standard InChI is InChI=1S/C21H18N2OS/c1-12-9-10-16(11-13(12)2)17-14(3)25-21-18(17)20(24)22-19(23-21)15-7-5-4-6-8-15/h4-11H,1-3H3,(H,22,23,24). The third kappa shape index (κ3) is 2.68. The molecule has 0 saturated carbocycles. The Morgan fingerprint density at radius 1 is 0.920 bits per heavy atom. The summed E-state index contributed by atoms with van der Waals surface area (Å²) in [5, 5.41) is 0.686. The molecule has 0 atom stereocenters. The van der Waals surface area contributed by atoms with Crippen LogP contribution in [-0.4, -0.2) is 9.97 Å². The fourth-order valence-corrected chi connectivity index (χ4v) is 4.14. The zero-order valence-corrected chi connectivity index (χ0v) is 15.2. The van der Waals surface area contributed by atoms with E-state index in [9.17, 15) is 4.79 Å². The van der Waals surface area contributed by atoms with Crippen LogP contribution < -0.4 is 5.56 Å². The molecule has 2 aromatic heterocycles. The zero-order valence-electron chi connectivity index (χ0n) is 14.4. The molecule has 0 aliphatic rings. The van der Waals surface area contributed by atoms with Gasteiger partial charge in [-0.3, -0.25) is 4.79 Å². The number of rotatable bonds is 2. The van der Waals surface area contributed by atoms with Crippen molar-refractivity contribution in [2.24, 2.45) is 0 Å². The predicted molar refractivity (Wildman–Crippen MR) is 105 cm³/mol. The van der Waals surface area contributed by atoms with Crippen molar-refractivity contribution < 1.29 is 0 Å². The topological polar surface area (TPSA) is 45.8 Å². The summed E-state index contributed by atoms with van der Waals surface area (Å²) in [6, 6.07) is 16.1. The minimum absolute atomic E-state index is 0.0820. The van der Waals surface area contributed by atoms with E-state index in [1.165, 1.54) is 11.1 Å². The molecule has 3 nitrogen and oxygen atoms in total. The molecule has 0 spiro atoms. The second-order valence-electron chi connectivity index (χ2n) is 6.29. The van der Waals surface area contributed by atoms with Gasteiger partial charge >= 0.3 is 0 Å². The van der Waals surface area contributed by atoms with Gasteiger partial charge in [-0.2, -0.15) is 0 Å². The number of aromatic amines is 1. The van der Waals surface area contributed by atoms with Gasteiger partial charge in [0.2, 0.25) is 0 Å². The minimum atomic E-state index is -0.0820. The molecule has 0 bridgehead atoms. The van der Waals surface area contributed by atoms with Crippen LogP contribution in [0.25, 0.3) is 32.7 Å². The molecule has 4 rings (SSSR count). The third-order valence-electron chi connectivity index (χ3n) is 4.58. The molecule has 0 radical (unpaired) electrons. The molecule has 25 heavy (non-hydrogen) atoms. The van der Waals surface area contributed by atoms with Crippen molar-refractivity contribution in [2.45, 2.75) is 20.8 Å². The number of nitrogens with zero attached hydrogens (tertiary/aromatic N) is 1. The molecule has 1 N–H and O–H groups in total. The molecule has 2 aromatic carbocycles. The van der Waals surface area contributed by atoms with Crippen molar-refractivity contribution in [3.05, 3.63) is 74.9 Å². The predicted octanol–water partition coefficient (Wildman–Crippen LogP) is 5.24. The lowest BCUT2D eigenvalue weighted by Gasteiger charge is -2.06. The fourth-order valence-electron chi connectivity index (χ4n) is 3.10. The van der Waals surface area contributed by atoms with E-state index in [0.717, 1.165) is 26.4 Å². The van der Waals surface area contributed by atoms with E-state index < -0.39 is 0 Å². The van der Waals surface area contributed by atoms with Gasteiger partial charge in [-0.1, -0.05) is 48.5 Å². The molecular weight excluding hydrogens is 328 g/mol. The monoisotopic (exact) mass is 346 g/mol. The average molecular weight is 346 g/mol. The summed E-state index contributed by atoms with van der Waals surface area (Å²) < 4.78 is 0. The molecule has 4 aromatic rings. The van der Waals surface area contributed by atoms with Gasteiger partial charge in [0.05, 0.1) is 5.39 Å². The van der Waals surface area contributed by atoms with Gasteiger partial charge < -0.3 is 4.98 Å². The van der Waals surface area contributed by atoms with Gasteiger partial charge in [-0.25, -0.2) is 4.98 Å². The molecule has 124 valence electrons. The number of hydrogen-bond acceptors (Lipinski definition) is 3. The summed E-state index contributed by atoms with van der Waals surface area (Å²) in [6.07, 6.45) is 0. The second kappa shape index (κ2) is 5.97. The van der Waals surface area contributed by atoms with Gasteiger partial charge in [0.1, 0.15) is 10.7 Å². The van der Waals surface area contributed by atoms with Crippen LogP contribution in [0.3, 0.4) is 0 Å². The molecule has 2 heterocycles. The third-order valence-corrected chi connectivity index (χ3v) is 5.58. The van der Waals surface area contributed by atoms with Gasteiger partial charge in [0, 0.05) is 16.0 Å². The Hall–Kier alpha value is -2.72. The van der Waals surface area contributed by atoms with E-state index in [-0.39, 0.29) is 5.56 Å². The van der Waals surface area contributed by atoms with Crippen molar-refractivity contribution in [1.29, 1.82) is 0 Å². The minimum Gasteiger partial charge on any atom is -0.306 e. The highest BCUT2D eigenvalue weighted by atomic mass is 32.1. The lowest BCUT2D eigenvalue weighted by atomic mass is 9.99. The smallest absolute Gasteiger partial charge is 0.260 e. The average Bonchev–Trinajstić information content (AvgIpc) is 2.94. The van der Waals surface area contributed by atoms with E-state index in [0.29, 0.717) is 11.2 Å². The van der Waals surface area contributed by atoms with E-state index in [1.54, 1.807) is 11.3 Å². The largest absolute Gasteiger partial charge is 0.306 e. The quantitative estimate of drug-likeness (QED) is 0.539. The highest BCUT2D eigenvalue weighted by Crippen LogP contribution is 2.36. The summed E-state index contributed by atoms with van der Waals surface area (Å²) in [4.78, 5) is 22.4. The number of aryl methyl sites for hydroxylation is 3. The Labute approximate surface area is 150 Å². The first-order valence-electron chi connectivity index (χ1n) is 8.21. The van der Waals surface area contributed by atoms with E-state index in [2.05, 4.69) is 44.0 Å². The number of aromatic nitrogens is 2. The van der Waals surface area contributed by atoms with Crippen molar-refractivity contribution in [3.63, 3.8) is 0 Å². The van der Waals surface area contributed by atoms with Crippen LogP contribution in [0.5, 0.6) is 0 Å². The number of nitrogens with one attached hydrogen (secondary N) is 1. The number of thiophene rings is 1. The van der Waals surface area contributed by atoms with Crippen LogP contribution in [0.2, 0.25) is 0 Å². The molecule has 4 heteroatoms. The molecule has 0 fully saturated rings. The normalized spacial score (nSPS) is 11.2. The summed E-state index contributed by atoms with van der Waals surface area (Å²) in [5.41, 5.74) is 5.38. The first kappa shape index (κ1) is 15.8. The van der Waals surface area contributed by atoms with E-state index in [1.807, 2.05) is 30.3 Å². The molecule has 0 aliphatic heterocycles. The molecule has 0 amide bonds. The van der Waals surface area contributed by atoms with Crippen LogP contribution in [0.15, 0.2) is 53.3 Å². The lowest BCUT2D eigenvalue weighted by molar-refractivity contribution is 1.19. The summed E-state index contributed by atoms with van der Waals surface area (Å²) >= 11 is 1.58. The number of benzene rings is 2. The van der Waals surface area contributed by atoms with Crippen molar-refractivity contribution in [3.8, 4) is 22.5 Å². The summed E-state index contributed by atoms with van der Waals surface area (Å²) in [6.45, 7) is 6.25. The van der Waals surface area contributed by atoms with Crippen LogP contribution in [0.4, 0.5) is 0 Å². The molecular formula is C21H18N2OS. The molecule has 0 aliphatic carbocycles. The van der Waals surface area contributed by atoms with Crippen LogP contribution in [-0.2, 0) is 0 Å². The highest BCUT2D eigenvalue weighted by molar-refractivity contribution is 7.19. The summed E-state index contributed by atoms with van der Waals surface area (Å²) in [5.74, 6) is 0.617. The van der Waals surface area contributed by atoms with Crippen molar-refractivity contribution in [2.75, 3.05) is 0 Å². The molecule has 0 saturated heterocycles. The van der Waals surface area contributed by atoms with Gasteiger partial charge in [0.15, 0.2) is 0 Å². The molecule has 0 unspecified atom stereocenters. The van der Waals surface area contributed by atoms with Crippen molar-refractivity contribution >= 4 is 21.6 Å². The Morgan fingerprint density at radius 3 is 2.40 bits per heavy atom. The zero-order chi connectivity index (χ0) is 17.6. The Kier molecular flexibility index (Phi) is 3.77. The first-order valence-corrected chi connectivity index (χ1v) is 9.02. The van der Waals surface area contributed by atoms with Gasteiger partial charge in [-0.15, -0.1) is 11.3 Å². The number of fused-ring (bicyclic) bond motifs is 1. The Morgan fingerprint density at radius 2 is 1.68 bits per heavy atom. The maximum absolute atomic E-state index is 12.8. The Bertz CT molecular complexity index is 1140. The van der Waals surface area contributed by atoms with E-state index >= 15 is 0 Å². The van der Waals surface area contributed by atoms with Crippen molar-refractivity contribution in [1.82, 2.24) is 9.97 Å². The number of H-pyrrole nitrogens is 1. The second-order valence-corrected chi connectivity index (χ2v) is 7.50. The highest BCUT2D eigenvalue weighted by Gasteiger charge is 2.17. The van der Waals surface area contributed by atoms with Crippen LogP contribution >= 0.6 is 11.3 Å². The first-order chi connectivity index (χ1) is 12.0. The Balaban J connectivity index is 1.97. The van der Waals surface area contributed by atoms with Gasteiger partial charge in [-0.05, 0) is 37.5 Å². The van der Waals surface area contributed by atoms with Gasteiger partial charge in [0.25, 0.3) is 5.56 Å². The van der Waals surface area contributed by atoms with Crippen LogP contribution in [0.1, 0.15) is 16.0 Å². The maximum Gasteiger partial charge on any atom is 0.260 e. The van der Waals surface area contributed by atoms with E-state index in [4.69, 9.17) is 4.98 Å². The SMILES string of the molecule is Cc1ccc(-c2c(C)sc3nc(-c4ccccc4)[nH]c(=O)c23)cc1C. The maximum atomic E-state index is 12.8. The summed E-state index contributed by atoms with van der Waals surface area (Å²) in [7, 11) is 0.